The Morgan fingerprint density at radius 1 is 0.778 bits per heavy atom. The first-order valence-corrected chi connectivity index (χ1v) is 7.06. The quantitative estimate of drug-likeness (QED) is 0.646. The van der Waals surface area contributed by atoms with Crippen molar-refractivity contribution in [1.82, 2.24) is 9.13 Å². The molecule has 98 valence electrons. The first-order valence-electron chi connectivity index (χ1n) is 4.91. The van der Waals surface area contributed by atoms with Crippen LogP contribution in [-0.4, -0.2) is 29.6 Å². The minimum atomic E-state index is -0.0513. The Labute approximate surface area is 111 Å². The van der Waals surface area contributed by atoms with E-state index in [2.05, 4.69) is 0 Å². The number of hydrogen-bond acceptors (Lipinski definition) is 6. The Kier molecular flexibility index (Phi) is 3.31. The fraction of sp³-hybridized carbons (Fsp3) is 0.200. The first kappa shape index (κ1) is 12.9. The minimum Gasteiger partial charge on any atom is -0.494 e. The molecule has 0 saturated heterocycles. The number of hydrogen-bond donors (Lipinski definition) is 4. The van der Waals surface area contributed by atoms with Crippen LogP contribution in [0.1, 0.15) is 0 Å². The summed E-state index contributed by atoms with van der Waals surface area (Å²) in [6.45, 7) is 0. The fourth-order valence-corrected chi connectivity index (χ4v) is 3.50. The van der Waals surface area contributed by atoms with Gasteiger partial charge in [-0.1, -0.05) is 0 Å². The van der Waals surface area contributed by atoms with Crippen LogP contribution in [0.25, 0.3) is 0 Å². The second-order valence-corrected chi connectivity index (χ2v) is 5.88. The summed E-state index contributed by atoms with van der Waals surface area (Å²) >= 11 is 0. The highest BCUT2D eigenvalue weighted by Crippen LogP contribution is 2.47. The highest BCUT2D eigenvalue weighted by Gasteiger charge is 2.16. The van der Waals surface area contributed by atoms with Gasteiger partial charge < -0.3 is 20.4 Å². The third-order valence-electron chi connectivity index (χ3n) is 2.51. The molecule has 2 rings (SSSR count). The predicted molar refractivity (Wildman–Crippen MR) is 69.2 cm³/mol. The zero-order valence-corrected chi connectivity index (χ0v) is 11.3. The highest BCUT2D eigenvalue weighted by molar-refractivity contribution is 8.76. The molecule has 0 aliphatic carbocycles. The molecule has 0 amide bonds. The largest absolute Gasteiger partial charge is 0.494 e. The van der Waals surface area contributed by atoms with Crippen molar-refractivity contribution in [1.29, 1.82) is 0 Å². The molecule has 2 aromatic heterocycles. The SMILES string of the molecule is Cn1c(O)cc(SSc2cc(O)n(C)c2O)c1O. The number of aromatic hydroxyl groups is 4. The van der Waals surface area contributed by atoms with Crippen molar-refractivity contribution in [3.05, 3.63) is 12.1 Å². The monoisotopic (exact) mass is 288 g/mol. The smallest absolute Gasteiger partial charge is 0.208 e. The van der Waals surface area contributed by atoms with E-state index in [0.717, 1.165) is 0 Å². The molecule has 0 unspecified atom stereocenters. The van der Waals surface area contributed by atoms with Gasteiger partial charge in [0, 0.05) is 26.2 Å². The van der Waals surface area contributed by atoms with Crippen LogP contribution in [-0.2, 0) is 14.1 Å². The molecule has 0 saturated carbocycles. The molecule has 0 fully saturated rings. The molecule has 2 heterocycles. The summed E-state index contributed by atoms with van der Waals surface area (Å²) < 4.78 is 2.48. The lowest BCUT2D eigenvalue weighted by molar-refractivity contribution is 0.382. The van der Waals surface area contributed by atoms with Gasteiger partial charge in [-0.2, -0.15) is 0 Å². The number of nitrogens with zero attached hydrogens (tertiary/aromatic N) is 2. The topological polar surface area (TPSA) is 90.8 Å². The van der Waals surface area contributed by atoms with E-state index in [-0.39, 0.29) is 23.5 Å². The molecule has 0 spiro atoms. The zero-order valence-electron chi connectivity index (χ0n) is 9.65. The maximum Gasteiger partial charge on any atom is 0.208 e. The van der Waals surface area contributed by atoms with E-state index in [1.54, 1.807) is 0 Å². The van der Waals surface area contributed by atoms with Crippen molar-refractivity contribution in [3.8, 4) is 23.5 Å². The summed E-state index contributed by atoms with van der Waals surface area (Å²) in [6.07, 6.45) is 0. The zero-order chi connectivity index (χ0) is 13.4. The Balaban J connectivity index is 2.16. The Hall–Kier alpha value is -1.54. The Bertz CT molecular complexity index is 539. The van der Waals surface area contributed by atoms with Crippen LogP contribution in [0.2, 0.25) is 0 Å². The second-order valence-electron chi connectivity index (χ2n) is 3.67. The summed E-state index contributed by atoms with van der Waals surface area (Å²) in [5, 5.41) is 38.2. The van der Waals surface area contributed by atoms with Gasteiger partial charge in [0.1, 0.15) is 0 Å². The lowest BCUT2D eigenvalue weighted by atomic mass is 10.6. The summed E-state index contributed by atoms with van der Waals surface area (Å²) in [6, 6.07) is 2.85. The van der Waals surface area contributed by atoms with Gasteiger partial charge in [0.15, 0.2) is 11.8 Å². The molecular weight excluding hydrogens is 276 g/mol. The van der Waals surface area contributed by atoms with Crippen molar-refractivity contribution in [2.24, 2.45) is 14.1 Å². The van der Waals surface area contributed by atoms with E-state index in [4.69, 9.17) is 0 Å². The van der Waals surface area contributed by atoms with Gasteiger partial charge in [0.2, 0.25) is 11.8 Å². The van der Waals surface area contributed by atoms with Crippen LogP contribution < -0.4 is 0 Å². The van der Waals surface area contributed by atoms with E-state index in [1.165, 1.54) is 57.0 Å². The summed E-state index contributed by atoms with van der Waals surface area (Å²) in [5.41, 5.74) is 0. The van der Waals surface area contributed by atoms with Crippen LogP contribution in [0, 0.1) is 0 Å². The van der Waals surface area contributed by atoms with Crippen molar-refractivity contribution in [2.75, 3.05) is 0 Å². The fourth-order valence-electron chi connectivity index (χ4n) is 1.32. The maximum atomic E-state index is 9.68. The summed E-state index contributed by atoms with van der Waals surface area (Å²) in [4.78, 5) is 0.950. The number of rotatable bonds is 3. The van der Waals surface area contributed by atoms with Crippen molar-refractivity contribution < 1.29 is 20.4 Å². The van der Waals surface area contributed by atoms with Crippen LogP contribution in [0.3, 0.4) is 0 Å². The molecule has 4 N–H and O–H groups in total. The molecule has 6 nitrogen and oxygen atoms in total. The van der Waals surface area contributed by atoms with Crippen molar-refractivity contribution >= 4 is 21.6 Å². The van der Waals surface area contributed by atoms with Gasteiger partial charge in [0.05, 0.1) is 9.79 Å². The van der Waals surface area contributed by atoms with E-state index >= 15 is 0 Å². The molecule has 2 aromatic rings. The van der Waals surface area contributed by atoms with Crippen LogP contribution in [0.15, 0.2) is 21.9 Å². The van der Waals surface area contributed by atoms with Gasteiger partial charge >= 0.3 is 0 Å². The van der Waals surface area contributed by atoms with Crippen LogP contribution in [0.5, 0.6) is 23.5 Å². The molecule has 18 heavy (non-hydrogen) atoms. The first-order chi connectivity index (χ1) is 8.41. The van der Waals surface area contributed by atoms with E-state index in [0.29, 0.717) is 9.79 Å². The van der Waals surface area contributed by atoms with Crippen molar-refractivity contribution in [3.63, 3.8) is 0 Å². The molecule has 0 atom stereocenters. The minimum absolute atomic E-state index is 0.0456. The van der Waals surface area contributed by atoms with Crippen LogP contribution in [0.4, 0.5) is 0 Å². The van der Waals surface area contributed by atoms with Crippen molar-refractivity contribution in [2.45, 2.75) is 9.79 Å². The predicted octanol–water partition coefficient (Wildman–Crippen LogP) is 1.99. The summed E-state index contributed by atoms with van der Waals surface area (Å²) in [7, 11) is 5.41. The standard InChI is InChI=1S/C10H12N2O4S2/c1-11-7(13)3-5(9(11)15)17-18-6-4-8(14)12(2)10(6)16/h3-4,13-16H,1-2H3. The van der Waals surface area contributed by atoms with Crippen LogP contribution >= 0.6 is 21.6 Å². The maximum absolute atomic E-state index is 9.68. The lowest BCUT2D eigenvalue weighted by Crippen LogP contribution is -1.84. The molecule has 0 radical (unpaired) electrons. The Morgan fingerprint density at radius 2 is 1.11 bits per heavy atom. The van der Waals surface area contributed by atoms with Gasteiger partial charge in [-0.05, 0) is 21.6 Å². The normalized spacial score (nSPS) is 11.0. The molecule has 8 heteroatoms. The third-order valence-corrected chi connectivity index (χ3v) is 4.88. The van der Waals surface area contributed by atoms with Gasteiger partial charge in [0.25, 0.3) is 0 Å². The second kappa shape index (κ2) is 4.62. The highest BCUT2D eigenvalue weighted by atomic mass is 33.1. The molecular formula is C10H12N2O4S2. The van der Waals surface area contributed by atoms with Gasteiger partial charge in [-0.15, -0.1) is 0 Å². The molecule has 0 aliphatic rings. The van der Waals surface area contributed by atoms with E-state index in [1.807, 2.05) is 0 Å². The third kappa shape index (κ3) is 2.08. The molecule has 0 aromatic carbocycles. The van der Waals surface area contributed by atoms with Gasteiger partial charge in [-0.3, -0.25) is 9.13 Å². The number of aromatic nitrogens is 2. The molecule has 0 aliphatic heterocycles. The molecule has 0 bridgehead atoms. The average molecular weight is 288 g/mol. The van der Waals surface area contributed by atoms with E-state index in [9.17, 15) is 20.4 Å². The van der Waals surface area contributed by atoms with Gasteiger partial charge in [-0.25, -0.2) is 0 Å². The van der Waals surface area contributed by atoms with E-state index < -0.39 is 0 Å². The summed E-state index contributed by atoms with van der Waals surface area (Å²) in [5.74, 6) is -0.194. The lowest BCUT2D eigenvalue weighted by Gasteiger charge is -2.00. The Morgan fingerprint density at radius 3 is 1.33 bits per heavy atom. The average Bonchev–Trinajstić information content (AvgIpc) is 2.72.